The Labute approximate surface area is 230 Å². The topological polar surface area (TPSA) is 83.0 Å². The van der Waals surface area contributed by atoms with Crippen molar-refractivity contribution in [3.8, 4) is 17.1 Å². The van der Waals surface area contributed by atoms with Gasteiger partial charge in [-0.05, 0) is 55.8 Å². The molecule has 0 aliphatic carbocycles. The van der Waals surface area contributed by atoms with Gasteiger partial charge in [0.15, 0.2) is 4.80 Å². The summed E-state index contributed by atoms with van der Waals surface area (Å²) >= 11 is 1.11. The molecule has 3 heterocycles. The van der Waals surface area contributed by atoms with Crippen molar-refractivity contribution in [2.75, 3.05) is 13.7 Å². The minimum Gasteiger partial charge on any atom is -0.497 e. The third-order valence-electron chi connectivity index (χ3n) is 6.32. The Morgan fingerprint density at radius 1 is 1.15 bits per heavy atom. The van der Waals surface area contributed by atoms with E-state index in [1.807, 2.05) is 0 Å². The lowest BCUT2D eigenvalue weighted by Gasteiger charge is -2.24. The molecule has 11 heteroatoms. The zero-order valence-corrected chi connectivity index (χ0v) is 22.4. The summed E-state index contributed by atoms with van der Waals surface area (Å²) in [5, 5.41) is 0. The number of ether oxygens (including phenoxy) is 2. The number of esters is 1. The van der Waals surface area contributed by atoms with Gasteiger partial charge in [0.25, 0.3) is 5.56 Å². The van der Waals surface area contributed by atoms with Gasteiger partial charge in [-0.3, -0.25) is 9.36 Å². The van der Waals surface area contributed by atoms with Crippen LogP contribution in [0.15, 0.2) is 86.1 Å². The highest BCUT2D eigenvalue weighted by Gasteiger charge is 2.33. The number of aromatic nitrogens is 1. The number of furan rings is 1. The van der Waals surface area contributed by atoms with Crippen LogP contribution in [0.25, 0.3) is 17.4 Å². The van der Waals surface area contributed by atoms with E-state index < -0.39 is 29.3 Å². The van der Waals surface area contributed by atoms with Gasteiger partial charge in [-0.25, -0.2) is 9.79 Å². The highest BCUT2D eigenvalue weighted by atomic mass is 32.1. The zero-order chi connectivity index (χ0) is 28.6. The van der Waals surface area contributed by atoms with Crippen LogP contribution in [0.5, 0.6) is 5.75 Å². The third kappa shape index (κ3) is 5.12. The van der Waals surface area contributed by atoms with Gasteiger partial charge in [-0.15, -0.1) is 0 Å². The number of carbonyl (C=O) groups is 1. The first-order valence-electron chi connectivity index (χ1n) is 12.2. The molecule has 40 heavy (non-hydrogen) atoms. The van der Waals surface area contributed by atoms with Crippen LogP contribution < -0.4 is 19.6 Å². The molecule has 1 aliphatic rings. The van der Waals surface area contributed by atoms with E-state index in [9.17, 15) is 22.8 Å². The number of methoxy groups -OCH3 is 1. The molecule has 1 aliphatic heterocycles. The summed E-state index contributed by atoms with van der Waals surface area (Å²) in [5.74, 6) is 0.543. The molecule has 2 aromatic carbocycles. The Bertz CT molecular complexity index is 1800. The number of allylic oxidation sites excluding steroid dienone is 1. The smallest absolute Gasteiger partial charge is 0.416 e. The number of halogens is 3. The molecule has 0 radical (unpaired) electrons. The van der Waals surface area contributed by atoms with Crippen molar-refractivity contribution in [1.29, 1.82) is 0 Å². The number of hydrogen-bond donors (Lipinski definition) is 0. The van der Waals surface area contributed by atoms with Crippen LogP contribution in [-0.4, -0.2) is 24.3 Å². The summed E-state index contributed by atoms with van der Waals surface area (Å²) in [5.41, 5.74) is 0.395. The lowest BCUT2D eigenvalue weighted by molar-refractivity contribution is -0.139. The molecule has 2 aromatic heterocycles. The van der Waals surface area contributed by atoms with Crippen LogP contribution in [0.4, 0.5) is 13.2 Å². The Hall–Kier alpha value is -4.38. The van der Waals surface area contributed by atoms with E-state index >= 15 is 0 Å². The lowest BCUT2D eigenvalue weighted by atomic mass is 9.96. The van der Waals surface area contributed by atoms with E-state index in [2.05, 4.69) is 4.99 Å². The van der Waals surface area contributed by atoms with Crippen molar-refractivity contribution in [3.63, 3.8) is 0 Å². The Kier molecular flexibility index (Phi) is 7.24. The van der Waals surface area contributed by atoms with Gasteiger partial charge < -0.3 is 13.9 Å². The third-order valence-corrected chi connectivity index (χ3v) is 7.31. The van der Waals surface area contributed by atoms with Gasteiger partial charge in [0.2, 0.25) is 0 Å². The molecule has 0 saturated heterocycles. The van der Waals surface area contributed by atoms with Crippen molar-refractivity contribution >= 4 is 23.4 Å². The molecule has 7 nitrogen and oxygen atoms in total. The summed E-state index contributed by atoms with van der Waals surface area (Å²) in [6.07, 6.45) is -2.98. The first-order chi connectivity index (χ1) is 19.1. The number of carbonyl (C=O) groups excluding carboxylic acids is 1. The van der Waals surface area contributed by atoms with Crippen LogP contribution in [-0.2, 0) is 15.7 Å². The molecule has 0 unspecified atom stereocenters. The number of rotatable bonds is 6. The van der Waals surface area contributed by atoms with Crippen LogP contribution in [0.3, 0.4) is 0 Å². The SMILES string of the molecule is CCOC(=O)C1=C(C)N=c2s/c(=C\c3ccc(-c4cccc(C(F)(F)F)c4)o3)c(=O)n2[C@H]1c1ccc(OC)cc1. The van der Waals surface area contributed by atoms with Gasteiger partial charge in [-0.2, -0.15) is 13.2 Å². The van der Waals surface area contributed by atoms with Gasteiger partial charge in [0, 0.05) is 11.6 Å². The number of nitrogens with zero attached hydrogens (tertiary/aromatic N) is 2. The van der Waals surface area contributed by atoms with Gasteiger partial charge in [-0.1, -0.05) is 35.6 Å². The number of thiazole rings is 1. The van der Waals surface area contributed by atoms with Gasteiger partial charge in [0.1, 0.15) is 17.3 Å². The molecule has 0 spiro atoms. The standard InChI is InChI=1S/C29H23F3N2O5S/c1-4-38-27(36)24-16(2)33-28-34(25(24)17-8-10-20(37-3)11-9-17)26(35)23(40-28)15-21-12-13-22(39-21)18-6-5-7-19(14-18)29(30,31)32/h5-15,25H,4H2,1-3H3/b23-15-/t25-/m0/s1. The number of hydrogen-bond acceptors (Lipinski definition) is 7. The second-order valence-corrected chi connectivity index (χ2v) is 9.87. The average molecular weight is 569 g/mol. The molecule has 206 valence electrons. The van der Waals surface area contributed by atoms with Gasteiger partial charge in [0.05, 0.1) is 41.1 Å². The van der Waals surface area contributed by atoms with Crippen molar-refractivity contribution in [2.45, 2.75) is 26.1 Å². The summed E-state index contributed by atoms with van der Waals surface area (Å²) in [6.45, 7) is 3.54. The van der Waals surface area contributed by atoms with Crippen LogP contribution in [0, 0.1) is 0 Å². The van der Waals surface area contributed by atoms with Gasteiger partial charge >= 0.3 is 12.1 Å². The molecule has 0 amide bonds. The molecule has 0 N–H and O–H groups in total. The fraction of sp³-hybridized carbons (Fsp3) is 0.207. The van der Waals surface area contributed by atoms with Crippen LogP contribution >= 0.6 is 11.3 Å². The molecule has 0 saturated carbocycles. The zero-order valence-electron chi connectivity index (χ0n) is 21.6. The van der Waals surface area contributed by atoms with E-state index in [4.69, 9.17) is 13.9 Å². The highest BCUT2D eigenvalue weighted by molar-refractivity contribution is 7.07. The second-order valence-electron chi connectivity index (χ2n) is 8.86. The number of benzene rings is 2. The summed E-state index contributed by atoms with van der Waals surface area (Å²) in [4.78, 5) is 31.6. The van der Waals surface area contributed by atoms with Crippen LogP contribution in [0.2, 0.25) is 0 Å². The molecular weight excluding hydrogens is 545 g/mol. The van der Waals surface area contributed by atoms with E-state index in [1.165, 1.54) is 22.8 Å². The highest BCUT2D eigenvalue weighted by Crippen LogP contribution is 2.33. The van der Waals surface area contributed by atoms with Crippen molar-refractivity contribution in [3.05, 3.63) is 109 Å². The minimum atomic E-state index is -4.49. The second kappa shape index (κ2) is 10.6. The Balaban J connectivity index is 1.60. The fourth-order valence-corrected chi connectivity index (χ4v) is 5.48. The quantitative estimate of drug-likeness (QED) is 0.303. The molecule has 1 atom stereocenters. The average Bonchev–Trinajstić information content (AvgIpc) is 3.52. The first kappa shape index (κ1) is 27.2. The molecule has 5 rings (SSSR count). The molecule has 0 bridgehead atoms. The van der Waals surface area contributed by atoms with E-state index in [-0.39, 0.29) is 33.8 Å². The van der Waals surface area contributed by atoms with Crippen molar-refractivity contribution < 1.29 is 31.9 Å². The number of alkyl halides is 3. The van der Waals surface area contributed by atoms with Crippen molar-refractivity contribution in [2.24, 2.45) is 4.99 Å². The largest absolute Gasteiger partial charge is 0.497 e. The summed E-state index contributed by atoms with van der Waals surface area (Å²) in [7, 11) is 1.54. The minimum absolute atomic E-state index is 0.155. The van der Waals surface area contributed by atoms with Crippen molar-refractivity contribution in [1.82, 2.24) is 4.57 Å². The maximum absolute atomic E-state index is 13.7. The fourth-order valence-electron chi connectivity index (χ4n) is 4.46. The van der Waals surface area contributed by atoms with E-state index in [1.54, 1.807) is 57.4 Å². The Morgan fingerprint density at radius 3 is 2.58 bits per heavy atom. The predicted octanol–water partition coefficient (Wildman–Crippen LogP) is 5.09. The molecular formula is C29H23F3N2O5S. The first-order valence-corrected chi connectivity index (χ1v) is 13.0. The summed E-state index contributed by atoms with van der Waals surface area (Å²) < 4.78 is 57.5. The maximum atomic E-state index is 13.7. The summed E-state index contributed by atoms with van der Waals surface area (Å²) in [6, 6.07) is 14.2. The normalized spacial score (nSPS) is 15.6. The van der Waals surface area contributed by atoms with E-state index in [0.29, 0.717) is 21.8 Å². The Morgan fingerprint density at radius 2 is 1.90 bits per heavy atom. The van der Waals surface area contributed by atoms with E-state index in [0.717, 1.165) is 23.5 Å². The lowest BCUT2D eigenvalue weighted by Crippen LogP contribution is -2.39. The maximum Gasteiger partial charge on any atom is 0.416 e. The predicted molar refractivity (Wildman–Crippen MR) is 143 cm³/mol. The monoisotopic (exact) mass is 568 g/mol. The van der Waals surface area contributed by atoms with Crippen LogP contribution in [0.1, 0.15) is 36.8 Å². The number of fused-ring (bicyclic) bond motifs is 1. The molecule has 0 fully saturated rings. The molecule has 4 aromatic rings.